The van der Waals surface area contributed by atoms with Crippen molar-refractivity contribution in [3.63, 3.8) is 0 Å². The maximum absolute atomic E-state index is 11.3. The zero-order valence-corrected chi connectivity index (χ0v) is 12.9. The van der Waals surface area contributed by atoms with Gasteiger partial charge in [-0.3, -0.25) is 10.2 Å². The normalized spacial score (nSPS) is 10.4. The average Bonchev–Trinajstić information content (AvgIpc) is 2.85. The fraction of sp³-hybridized carbons (Fsp3) is 0.0909. The van der Waals surface area contributed by atoms with Crippen LogP contribution in [-0.4, -0.2) is 10.9 Å². The Hall–Kier alpha value is -1.09. The molecular formula is C11H11BrN4OS2. The number of nitrogens with zero attached hydrogens (tertiary/aromatic N) is 1. The van der Waals surface area contributed by atoms with E-state index < -0.39 is 0 Å². The number of nitrogens with two attached hydrogens (primary N) is 2. The summed E-state index contributed by atoms with van der Waals surface area (Å²) < 4.78 is 0.949. The number of anilines is 1. The van der Waals surface area contributed by atoms with Crippen molar-refractivity contribution in [2.24, 2.45) is 5.84 Å². The molecule has 0 unspecified atom stereocenters. The second-order valence-corrected chi connectivity index (χ2v) is 6.38. The number of hydrazine groups is 1. The molecule has 0 spiro atoms. The minimum atomic E-state index is -0.371. The molecule has 5 nitrogen and oxygen atoms in total. The second kappa shape index (κ2) is 6.38. The third kappa shape index (κ3) is 3.69. The number of benzene rings is 1. The lowest BCUT2D eigenvalue weighted by atomic mass is 10.3. The Morgan fingerprint density at radius 2 is 2.32 bits per heavy atom. The standard InChI is InChI=1S/C11H11BrN4OS2/c12-6-1-2-9(8(13)3-6)18-4-7-5-19-11(15-7)10(17)16-14/h1-3,5H,4,13-14H2,(H,16,17). The highest BCUT2D eigenvalue weighted by Gasteiger charge is 2.10. The molecule has 0 bridgehead atoms. The lowest BCUT2D eigenvalue weighted by Crippen LogP contribution is -2.29. The SMILES string of the molecule is NNC(=O)c1nc(CSc2ccc(Br)cc2N)cs1. The lowest BCUT2D eigenvalue weighted by molar-refractivity contribution is 0.0953. The van der Waals surface area contributed by atoms with Crippen LogP contribution in [0.5, 0.6) is 0 Å². The van der Waals surface area contributed by atoms with E-state index >= 15 is 0 Å². The predicted octanol–water partition coefficient (Wildman–Crippen LogP) is 2.38. The molecule has 8 heteroatoms. The van der Waals surface area contributed by atoms with Crippen LogP contribution in [0.1, 0.15) is 15.5 Å². The highest BCUT2D eigenvalue weighted by molar-refractivity contribution is 9.10. The van der Waals surface area contributed by atoms with Crippen LogP contribution in [-0.2, 0) is 5.75 Å². The van der Waals surface area contributed by atoms with Gasteiger partial charge in [-0.1, -0.05) is 15.9 Å². The molecule has 1 amide bonds. The molecule has 0 saturated carbocycles. The smallest absolute Gasteiger partial charge is 0.294 e. The first-order chi connectivity index (χ1) is 9.10. The molecule has 0 saturated heterocycles. The van der Waals surface area contributed by atoms with E-state index in [1.165, 1.54) is 11.3 Å². The molecule has 0 fully saturated rings. The molecule has 0 atom stereocenters. The van der Waals surface area contributed by atoms with Crippen LogP contribution in [0.15, 0.2) is 32.9 Å². The number of carbonyl (C=O) groups is 1. The van der Waals surface area contributed by atoms with E-state index in [9.17, 15) is 4.79 Å². The third-order valence-electron chi connectivity index (χ3n) is 2.22. The van der Waals surface area contributed by atoms with Crippen LogP contribution in [0.2, 0.25) is 0 Å². The van der Waals surface area contributed by atoms with Gasteiger partial charge in [0, 0.05) is 26.2 Å². The van der Waals surface area contributed by atoms with Gasteiger partial charge in [0.05, 0.1) is 5.69 Å². The fourth-order valence-corrected chi connectivity index (χ4v) is 3.39. The fourth-order valence-electron chi connectivity index (χ4n) is 1.34. The summed E-state index contributed by atoms with van der Waals surface area (Å²) in [5, 5.41) is 2.20. The number of hydrogen-bond donors (Lipinski definition) is 3. The summed E-state index contributed by atoms with van der Waals surface area (Å²) >= 11 is 6.21. The molecule has 0 aliphatic carbocycles. The second-order valence-electron chi connectivity index (χ2n) is 3.59. The third-order valence-corrected chi connectivity index (χ3v) is 4.73. The zero-order chi connectivity index (χ0) is 13.8. The number of thiazole rings is 1. The van der Waals surface area contributed by atoms with Crippen molar-refractivity contribution in [3.05, 3.63) is 38.8 Å². The van der Waals surface area contributed by atoms with E-state index in [0.717, 1.165) is 20.7 Å². The van der Waals surface area contributed by atoms with Crippen molar-refractivity contribution in [1.29, 1.82) is 0 Å². The number of amides is 1. The number of halogens is 1. The Kier molecular flexibility index (Phi) is 4.81. The Morgan fingerprint density at radius 1 is 1.53 bits per heavy atom. The molecule has 1 aromatic carbocycles. The highest BCUT2D eigenvalue weighted by Crippen LogP contribution is 2.30. The van der Waals surface area contributed by atoms with Gasteiger partial charge in [0.1, 0.15) is 0 Å². The molecule has 0 aliphatic heterocycles. The van der Waals surface area contributed by atoms with Gasteiger partial charge in [0.25, 0.3) is 5.91 Å². The maximum atomic E-state index is 11.3. The molecule has 1 aromatic heterocycles. The monoisotopic (exact) mass is 358 g/mol. The summed E-state index contributed by atoms with van der Waals surface area (Å²) in [6, 6.07) is 5.74. The average molecular weight is 359 g/mol. The number of nitrogens with one attached hydrogen (secondary N) is 1. The van der Waals surface area contributed by atoms with E-state index in [1.807, 2.05) is 23.6 Å². The summed E-state index contributed by atoms with van der Waals surface area (Å²) in [5.74, 6) is 5.34. The largest absolute Gasteiger partial charge is 0.398 e. The van der Waals surface area contributed by atoms with Crippen molar-refractivity contribution in [2.45, 2.75) is 10.6 Å². The molecular weight excluding hydrogens is 348 g/mol. The minimum Gasteiger partial charge on any atom is -0.398 e. The first-order valence-electron chi connectivity index (χ1n) is 5.23. The molecule has 1 heterocycles. The molecule has 5 N–H and O–H groups in total. The Bertz CT molecular complexity index is 602. The Labute approximate surface area is 126 Å². The molecule has 2 rings (SSSR count). The first kappa shape index (κ1) is 14.3. The van der Waals surface area contributed by atoms with Crippen molar-refractivity contribution < 1.29 is 4.79 Å². The Morgan fingerprint density at radius 3 is 3.00 bits per heavy atom. The zero-order valence-electron chi connectivity index (χ0n) is 9.72. The highest BCUT2D eigenvalue weighted by atomic mass is 79.9. The number of rotatable bonds is 4. The van der Waals surface area contributed by atoms with Gasteiger partial charge < -0.3 is 5.73 Å². The van der Waals surface area contributed by atoms with Crippen LogP contribution in [0.4, 0.5) is 5.69 Å². The summed E-state index contributed by atoms with van der Waals surface area (Å²) in [6.07, 6.45) is 0. The van der Waals surface area contributed by atoms with E-state index in [4.69, 9.17) is 11.6 Å². The van der Waals surface area contributed by atoms with Gasteiger partial charge in [0.15, 0.2) is 5.01 Å². The molecule has 0 radical (unpaired) electrons. The van der Waals surface area contributed by atoms with Crippen LogP contribution < -0.4 is 17.0 Å². The maximum Gasteiger partial charge on any atom is 0.294 e. The molecule has 19 heavy (non-hydrogen) atoms. The van der Waals surface area contributed by atoms with Crippen LogP contribution in [0, 0.1) is 0 Å². The quantitative estimate of drug-likeness (QED) is 0.256. The van der Waals surface area contributed by atoms with Crippen LogP contribution in [0.25, 0.3) is 0 Å². The van der Waals surface area contributed by atoms with Gasteiger partial charge in [-0.2, -0.15) is 0 Å². The predicted molar refractivity (Wildman–Crippen MR) is 81.9 cm³/mol. The summed E-state index contributed by atoms with van der Waals surface area (Å²) in [7, 11) is 0. The van der Waals surface area contributed by atoms with E-state index in [-0.39, 0.29) is 5.91 Å². The molecule has 0 aliphatic rings. The number of nitrogen functional groups attached to an aromatic ring is 2. The Balaban J connectivity index is 2.02. The van der Waals surface area contributed by atoms with Crippen molar-refractivity contribution >= 4 is 50.6 Å². The van der Waals surface area contributed by atoms with Crippen molar-refractivity contribution in [3.8, 4) is 0 Å². The number of aromatic nitrogens is 1. The number of thioether (sulfide) groups is 1. The van der Waals surface area contributed by atoms with E-state index in [2.05, 4.69) is 26.3 Å². The van der Waals surface area contributed by atoms with Gasteiger partial charge >= 0.3 is 0 Å². The van der Waals surface area contributed by atoms with Gasteiger partial charge in [-0.15, -0.1) is 23.1 Å². The van der Waals surface area contributed by atoms with Crippen LogP contribution >= 0.6 is 39.0 Å². The first-order valence-corrected chi connectivity index (χ1v) is 7.89. The van der Waals surface area contributed by atoms with Gasteiger partial charge in [-0.05, 0) is 18.2 Å². The lowest BCUT2D eigenvalue weighted by Gasteiger charge is -2.04. The van der Waals surface area contributed by atoms with Crippen molar-refractivity contribution in [2.75, 3.05) is 5.73 Å². The topological polar surface area (TPSA) is 94.0 Å². The van der Waals surface area contributed by atoms with E-state index in [0.29, 0.717) is 10.8 Å². The molecule has 100 valence electrons. The minimum absolute atomic E-state index is 0.363. The molecule has 2 aromatic rings. The van der Waals surface area contributed by atoms with E-state index in [1.54, 1.807) is 11.8 Å². The van der Waals surface area contributed by atoms with Crippen molar-refractivity contribution in [1.82, 2.24) is 10.4 Å². The number of carbonyl (C=O) groups excluding carboxylic acids is 1. The number of hydrogen-bond acceptors (Lipinski definition) is 6. The van der Waals surface area contributed by atoms with Crippen LogP contribution in [0.3, 0.4) is 0 Å². The summed E-state index contributed by atoms with van der Waals surface area (Å²) in [6.45, 7) is 0. The van der Waals surface area contributed by atoms with Gasteiger partial charge in [0.2, 0.25) is 0 Å². The summed E-state index contributed by atoms with van der Waals surface area (Å²) in [4.78, 5) is 16.5. The van der Waals surface area contributed by atoms with Gasteiger partial charge in [-0.25, -0.2) is 10.8 Å². The summed E-state index contributed by atoms with van der Waals surface area (Å²) in [5.41, 5.74) is 9.52.